The Hall–Kier alpha value is 36.3. The average Bonchev–Trinajstić information content (AvgIpc) is 1.79. The molecule has 0 aliphatic rings. The van der Waals surface area contributed by atoms with Gasteiger partial charge in [-0.3, -0.25) is 0 Å². The van der Waals surface area contributed by atoms with Crippen molar-refractivity contribution in [1.29, 1.82) is 0 Å². The van der Waals surface area contributed by atoms with Gasteiger partial charge in [0.1, 0.15) is 0 Å². The van der Waals surface area contributed by atoms with Crippen LogP contribution < -0.4 is 0 Å². The maximum absolute atomic E-state index is 7.33. The minimum absolute atomic E-state index is 0. The molecule has 0 spiro atoms. The quantitative estimate of drug-likeness (QED) is 0.100. The predicted molar refractivity (Wildman–Crippen MR) is 331 cm³/mol. The standard InChI is InChI=1S/36Na.5H4O4Si.36H/c;;;;;;;;;;;;;;;;;;;;;;;;;;;;;;;;;;;;5*1-5(2,3)4;;;;;;;;;;;;;;;;;;;;;;;;;;;;;;;;;;;;/h;;;;;;;;;;;;;;;;;;;;;;;;;;;;;;;;;;;;5*1-4H;;;;;;;;;;;;;;;;;;;;;;;;;;;;;;;;;;;;. The maximum atomic E-state index is 7.33. The van der Waals surface area contributed by atoms with E-state index in [-0.39, 0.29) is 1060 Å². The SMILES string of the molecule is O[Si](O)(O)O.O[Si](O)(O)O.O[Si](O)(O)O.O[Si](O)(O)O.O[Si](O)(O)O.[NaH].[NaH].[NaH].[NaH].[NaH].[NaH].[NaH].[NaH].[NaH].[NaH].[NaH].[NaH].[NaH].[NaH].[NaH].[NaH].[NaH].[NaH].[NaH].[NaH].[NaH].[NaH].[NaH].[NaH].[NaH].[NaH].[NaH].[NaH].[NaH].[NaH].[NaH].[NaH].[NaH].[NaH].[NaH].[NaH]. The molecule has 0 heterocycles. The third kappa shape index (κ3) is 650. The summed E-state index contributed by atoms with van der Waals surface area (Å²) < 4.78 is 0. The van der Waals surface area contributed by atoms with Crippen LogP contribution in [0.3, 0.4) is 0 Å². The molecule has 0 atom stereocenters. The Labute approximate surface area is 1160 Å². The van der Waals surface area contributed by atoms with Crippen molar-refractivity contribution in [3.05, 3.63) is 0 Å². The van der Waals surface area contributed by atoms with E-state index in [0.29, 0.717) is 0 Å². The molecule has 0 amide bonds. The van der Waals surface area contributed by atoms with E-state index in [2.05, 4.69) is 0 Å². The van der Waals surface area contributed by atoms with Crippen LogP contribution in [0.15, 0.2) is 0 Å². The van der Waals surface area contributed by atoms with Crippen LogP contribution in [-0.2, 0) is 0 Å². The van der Waals surface area contributed by atoms with Crippen LogP contribution in [0.2, 0.25) is 0 Å². The van der Waals surface area contributed by atoms with Crippen molar-refractivity contribution in [2.24, 2.45) is 0 Å². The van der Waals surface area contributed by atoms with Gasteiger partial charge in [0, 0.05) is 0 Å². The van der Waals surface area contributed by atoms with Gasteiger partial charge >= 0.3 is 1110 Å². The van der Waals surface area contributed by atoms with Crippen LogP contribution in [0.1, 0.15) is 0 Å². The molecule has 0 rings (SSSR count). The van der Waals surface area contributed by atoms with Crippen LogP contribution >= 0.6 is 0 Å². The van der Waals surface area contributed by atoms with Gasteiger partial charge in [-0.05, 0) is 0 Å². The first-order valence-corrected chi connectivity index (χ1v) is 13.4. The summed E-state index contributed by atoms with van der Waals surface area (Å²) >= 11 is 0. The van der Waals surface area contributed by atoms with Crippen LogP contribution in [0, 0.1) is 0 Å². The fourth-order valence-electron chi connectivity index (χ4n) is 0. The molecule has 0 radical (unpaired) electrons. The van der Waals surface area contributed by atoms with E-state index in [1.807, 2.05) is 0 Å². The van der Waals surface area contributed by atoms with Crippen molar-refractivity contribution in [3.63, 3.8) is 0 Å². The zero-order valence-corrected chi connectivity index (χ0v) is 16.4. The van der Waals surface area contributed by atoms with E-state index in [9.17, 15) is 0 Å². The molecular formula is H56Na36O20Si5. The molecule has 0 saturated heterocycles. The van der Waals surface area contributed by atoms with Gasteiger partial charge in [0.05, 0.1) is 0 Å². The molecule has 61 heavy (non-hydrogen) atoms. The van der Waals surface area contributed by atoms with Crippen molar-refractivity contribution in [3.8, 4) is 0 Å². The zero-order chi connectivity index (χ0) is 22.5. The van der Waals surface area contributed by atoms with Crippen LogP contribution in [0.25, 0.3) is 0 Å². The van der Waals surface area contributed by atoms with E-state index < -0.39 is 45.2 Å². The summed E-state index contributed by atoms with van der Waals surface area (Å²) in [5.74, 6) is 0. The Bertz CT molecular complexity index is 225. The Balaban J connectivity index is -0.00000000183. The van der Waals surface area contributed by atoms with Crippen LogP contribution in [-0.4, -0.2) is 1210 Å². The molecule has 0 aromatic heterocycles. The number of rotatable bonds is 0. The van der Waals surface area contributed by atoms with Crippen molar-refractivity contribution >= 4 is 1110 Å². The van der Waals surface area contributed by atoms with Gasteiger partial charge in [-0.2, -0.15) is 0 Å². The second-order valence-corrected chi connectivity index (χ2v) is 9.00. The third-order valence-electron chi connectivity index (χ3n) is 0. The van der Waals surface area contributed by atoms with Crippen molar-refractivity contribution < 1.29 is 95.9 Å². The Morgan fingerprint density at radius 1 is 0.0820 bits per heavy atom. The van der Waals surface area contributed by atoms with Gasteiger partial charge in [0.15, 0.2) is 0 Å². The van der Waals surface area contributed by atoms with Gasteiger partial charge in [0.25, 0.3) is 0 Å². The predicted octanol–water partition coefficient (Wildman–Crippen LogP) is -36.4. The van der Waals surface area contributed by atoms with Gasteiger partial charge in [-0.15, -0.1) is 0 Å². The molecule has 20 N–H and O–H groups in total. The molecular weight excluding hydrogens is 1290 g/mol. The average molecular weight is 1340 g/mol. The molecule has 61 heteroatoms. The molecule has 0 unspecified atom stereocenters. The molecule has 0 aromatic carbocycles. The van der Waals surface area contributed by atoms with E-state index in [0.717, 1.165) is 0 Å². The first-order chi connectivity index (χ1) is 10.0. The molecule has 0 fully saturated rings. The van der Waals surface area contributed by atoms with Gasteiger partial charge in [-0.1, -0.05) is 0 Å². The summed E-state index contributed by atoms with van der Waals surface area (Å²) in [4.78, 5) is 147. The summed E-state index contributed by atoms with van der Waals surface area (Å²) in [6.07, 6.45) is 0. The first-order valence-electron chi connectivity index (χ1n) is 4.47. The molecule has 0 bridgehead atoms. The first kappa shape index (κ1) is 285. The third-order valence-corrected chi connectivity index (χ3v) is 0. The van der Waals surface area contributed by atoms with E-state index in [4.69, 9.17) is 95.9 Å². The van der Waals surface area contributed by atoms with Crippen molar-refractivity contribution in [1.82, 2.24) is 0 Å². The molecule has 0 aliphatic heterocycles. The Kier molecular flexibility index (Phi) is 929. The zero-order valence-electron chi connectivity index (χ0n) is 11.4. The van der Waals surface area contributed by atoms with Gasteiger partial charge in [-0.25, -0.2) is 0 Å². The molecule has 0 aromatic rings. The molecule has 20 nitrogen and oxygen atoms in total. The normalized spacial score (nSPS) is 4.92. The van der Waals surface area contributed by atoms with Crippen LogP contribution in [0.4, 0.5) is 0 Å². The van der Waals surface area contributed by atoms with Crippen molar-refractivity contribution in [2.45, 2.75) is 0 Å². The van der Waals surface area contributed by atoms with Gasteiger partial charge < -0.3 is 95.9 Å². The molecule has 0 saturated carbocycles. The van der Waals surface area contributed by atoms with Crippen LogP contribution in [0.5, 0.6) is 0 Å². The fourth-order valence-corrected chi connectivity index (χ4v) is 0. The molecule has 0 aliphatic carbocycles. The fraction of sp³-hybridized carbons (Fsp3) is 0. The summed E-state index contributed by atoms with van der Waals surface area (Å²) in [6, 6.07) is 0. The van der Waals surface area contributed by atoms with Gasteiger partial charge in [0.2, 0.25) is 0 Å². The summed E-state index contributed by atoms with van der Waals surface area (Å²) in [7, 11) is -23.1. The Morgan fingerprint density at radius 3 is 0.0820 bits per heavy atom. The summed E-state index contributed by atoms with van der Waals surface area (Å²) in [5.41, 5.74) is 0. The molecule has 232 valence electrons. The number of hydrogen-bond acceptors (Lipinski definition) is 20. The minimum atomic E-state index is -4.61. The summed E-state index contributed by atoms with van der Waals surface area (Å²) in [6.45, 7) is 0. The monoisotopic (exact) mass is 1340 g/mol. The summed E-state index contributed by atoms with van der Waals surface area (Å²) in [5, 5.41) is 0. The Morgan fingerprint density at radius 2 is 0.0820 bits per heavy atom. The number of hydrogen-bond donors (Lipinski definition) is 20. The van der Waals surface area contributed by atoms with Crippen molar-refractivity contribution in [2.75, 3.05) is 0 Å². The van der Waals surface area contributed by atoms with E-state index >= 15 is 0 Å². The topological polar surface area (TPSA) is 405 Å². The van der Waals surface area contributed by atoms with E-state index in [1.165, 1.54) is 0 Å². The second-order valence-electron chi connectivity index (χ2n) is 3.00. The second kappa shape index (κ2) is 199. The van der Waals surface area contributed by atoms with E-state index in [1.54, 1.807) is 0 Å².